The summed E-state index contributed by atoms with van der Waals surface area (Å²) < 4.78 is 0. The van der Waals surface area contributed by atoms with Gasteiger partial charge in [0, 0.05) is 0 Å². The number of carboxylic acids is 1. The summed E-state index contributed by atoms with van der Waals surface area (Å²) in [5.74, 6) is 2.07. The lowest BCUT2D eigenvalue weighted by molar-refractivity contribution is -0.152. The molecule has 2 heteroatoms. The van der Waals surface area contributed by atoms with Crippen LogP contribution in [-0.4, -0.2) is 11.1 Å². The highest BCUT2D eigenvalue weighted by atomic mass is 16.4. The number of aliphatic carboxylic acids is 1. The third-order valence-corrected chi connectivity index (χ3v) is 8.12. The first-order valence-corrected chi connectivity index (χ1v) is 14.4. The van der Waals surface area contributed by atoms with Gasteiger partial charge in [0.25, 0.3) is 0 Å². The van der Waals surface area contributed by atoms with Gasteiger partial charge < -0.3 is 5.11 Å². The van der Waals surface area contributed by atoms with Crippen molar-refractivity contribution in [2.45, 2.75) is 158 Å². The molecule has 0 saturated heterocycles. The molecule has 0 heterocycles. The minimum atomic E-state index is -0.520. The van der Waals surface area contributed by atoms with Crippen molar-refractivity contribution in [2.24, 2.45) is 29.1 Å². The van der Waals surface area contributed by atoms with E-state index in [-0.39, 0.29) is 0 Å². The van der Waals surface area contributed by atoms with E-state index in [1.807, 2.05) is 0 Å². The summed E-state index contributed by atoms with van der Waals surface area (Å²) in [6, 6.07) is 0. The predicted molar refractivity (Wildman–Crippen MR) is 142 cm³/mol. The highest BCUT2D eigenvalue weighted by molar-refractivity contribution is 5.74. The number of hydrogen-bond acceptors (Lipinski definition) is 1. The fourth-order valence-electron chi connectivity index (χ4n) is 5.39. The van der Waals surface area contributed by atoms with E-state index in [1.54, 1.807) is 0 Å². The van der Waals surface area contributed by atoms with E-state index in [0.717, 1.165) is 37.5 Å². The van der Waals surface area contributed by atoms with Crippen LogP contribution < -0.4 is 0 Å². The zero-order chi connectivity index (χ0) is 24.4. The maximum absolute atomic E-state index is 12.7. The van der Waals surface area contributed by atoms with Crippen molar-refractivity contribution >= 4 is 5.97 Å². The Morgan fingerprint density at radius 1 is 0.625 bits per heavy atom. The average molecular weight is 453 g/mol. The smallest absolute Gasteiger partial charge is 0.309 e. The molecular formula is C30H60O2. The molecule has 0 radical (unpaired) electrons. The molecule has 0 amide bonds. The fourth-order valence-corrected chi connectivity index (χ4v) is 5.39. The van der Waals surface area contributed by atoms with Crippen molar-refractivity contribution in [3.8, 4) is 0 Å². The van der Waals surface area contributed by atoms with Crippen molar-refractivity contribution < 1.29 is 9.90 Å². The first-order chi connectivity index (χ1) is 15.2. The molecule has 0 rings (SSSR count). The minimum Gasteiger partial charge on any atom is -0.481 e. The van der Waals surface area contributed by atoms with Gasteiger partial charge in [-0.3, -0.25) is 4.79 Å². The molecule has 4 atom stereocenters. The van der Waals surface area contributed by atoms with Gasteiger partial charge in [-0.05, 0) is 42.9 Å². The summed E-state index contributed by atoms with van der Waals surface area (Å²) in [5, 5.41) is 10.5. The average Bonchev–Trinajstić information content (AvgIpc) is 2.75. The summed E-state index contributed by atoms with van der Waals surface area (Å²) in [6.07, 6.45) is 19.9. The maximum atomic E-state index is 12.7. The summed E-state index contributed by atoms with van der Waals surface area (Å²) >= 11 is 0. The molecule has 0 aromatic heterocycles. The maximum Gasteiger partial charge on any atom is 0.309 e. The second-order valence-electron chi connectivity index (χ2n) is 11.6. The Kier molecular flexibility index (Phi) is 18.5. The Hall–Kier alpha value is -0.530. The Balaban J connectivity index is 5.00. The summed E-state index contributed by atoms with van der Waals surface area (Å²) in [7, 11) is 0. The lowest BCUT2D eigenvalue weighted by Crippen LogP contribution is -2.35. The zero-order valence-electron chi connectivity index (χ0n) is 23.2. The van der Waals surface area contributed by atoms with Crippen LogP contribution in [0.3, 0.4) is 0 Å². The quantitative estimate of drug-likeness (QED) is 0.166. The van der Waals surface area contributed by atoms with Crippen LogP contribution in [0.25, 0.3) is 0 Å². The molecule has 0 fully saturated rings. The molecule has 0 bridgehead atoms. The van der Waals surface area contributed by atoms with Crippen molar-refractivity contribution in [3.05, 3.63) is 0 Å². The van der Waals surface area contributed by atoms with Crippen LogP contribution in [0.15, 0.2) is 0 Å². The fraction of sp³-hybridized carbons (Fsp3) is 0.967. The second-order valence-corrected chi connectivity index (χ2v) is 11.6. The Bertz CT molecular complexity index is 420. The summed E-state index contributed by atoms with van der Waals surface area (Å²) in [4.78, 5) is 12.7. The second kappa shape index (κ2) is 18.8. The third-order valence-electron chi connectivity index (χ3n) is 8.12. The largest absolute Gasteiger partial charge is 0.481 e. The summed E-state index contributed by atoms with van der Waals surface area (Å²) in [5.41, 5.74) is -0.518. The molecule has 0 saturated carbocycles. The molecule has 1 N–H and O–H groups in total. The van der Waals surface area contributed by atoms with Crippen molar-refractivity contribution in [3.63, 3.8) is 0 Å². The molecule has 0 aliphatic carbocycles. The number of unbranched alkanes of at least 4 members (excludes halogenated alkanes) is 5. The lowest BCUT2D eigenvalue weighted by atomic mass is 9.69. The van der Waals surface area contributed by atoms with E-state index in [9.17, 15) is 9.90 Å². The van der Waals surface area contributed by atoms with Gasteiger partial charge in [-0.1, -0.05) is 138 Å². The van der Waals surface area contributed by atoms with Gasteiger partial charge in [0.05, 0.1) is 5.41 Å². The number of carbonyl (C=O) groups is 1. The van der Waals surface area contributed by atoms with Crippen LogP contribution in [-0.2, 0) is 4.79 Å². The van der Waals surface area contributed by atoms with E-state index in [2.05, 4.69) is 48.5 Å². The van der Waals surface area contributed by atoms with E-state index in [4.69, 9.17) is 0 Å². The highest BCUT2D eigenvalue weighted by Crippen LogP contribution is 2.41. The third kappa shape index (κ3) is 14.6. The normalized spacial score (nSPS) is 17.5. The number of rotatable bonds is 22. The van der Waals surface area contributed by atoms with E-state index in [1.165, 1.54) is 83.5 Å². The number of carboxylic acid groups (broad SMARTS) is 1. The van der Waals surface area contributed by atoms with Crippen LogP contribution in [0.4, 0.5) is 0 Å². The van der Waals surface area contributed by atoms with Gasteiger partial charge in [-0.15, -0.1) is 0 Å². The van der Waals surface area contributed by atoms with Gasteiger partial charge in [0.2, 0.25) is 0 Å². The monoisotopic (exact) mass is 452 g/mol. The molecule has 0 aromatic carbocycles. The van der Waals surface area contributed by atoms with E-state index < -0.39 is 11.4 Å². The SMILES string of the molecule is CCCCCCCCC(CC(C)CCCC(C)CC)(CC(C)CCCC(C)CC)C(=O)O. The summed E-state index contributed by atoms with van der Waals surface area (Å²) in [6.45, 7) is 16.1. The first kappa shape index (κ1) is 31.5. The minimum absolute atomic E-state index is 0.502. The van der Waals surface area contributed by atoms with E-state index in [0.29, 0.717) is 11.8 Å². The lowest BCUT2D eigenvalue weighted by Gasteiger charge is -2.35. The predicted octanol–water partition coefficient (Wildman–Crippen LogP) is 10.3. The van der Waals surface area contributed by atoms with Crippen LogP contribution in [0.1, 0.15) is 158 Å². The van der Waals surface area contributed by atoms with Crippen LogP contribution >= 0.6 is 0 Å². The van der Waals surface area contributed by atoms with Gasteiger partial charge in [0.15, 0.2) is 0 Å². The van der Waals surface area contributed by atoms with E-state index >= 15 is 0 Å². The van der Waals surface area contributed by atoms with Crippen LogP contribution in [0.2, 0.25) is 0 Å². The topological polar surface area (TPSA) is 37.3 Å². The Labute approximate surface area is 202 Å². The molecule has 0 aromatic rings. The number of hydrogen-bond donors (Lipinski definition) is 1. The van der Waals surface area contributed by atoms with Crippen LogP contribution in [0, 0.1) is 29.1 Å². The van der Waals surface area contributed by atoms with Crippen LogP contribution in [0.5, 0.6) is 0 Å². The molecule has 192 valence electrons. The molecular weight excluding hydrogens is 392 g/mol. The van der Waals surface area contributed by atoms with Gasteiger partial charge >= 0.3 is 5.97 Å². The van der Waals surface area contributed by atoms with Gasteiger partial charge in [-0.2, -0.15) is 0 Å². The molecule has 2 nitrogen and oxygen atoms in total. The van der Waals surface area contributed by atoms with Crippen molar-refractivity contribution in [1.82, 2.24) is 0 Å². The Morgan fingerprint density at radius 3 is 1.44 bits per heavy atom. The molecule has 0 aliphatic rings. The molecule has 32 heavy (non-hydrogen) atoms. The zero-order valence-corrected chi connectivity index (χ0v) is 23.2. The molecule has 0 spiro atoms. The van der Waals surface area contributed by atoms with Gasteiger partial charge in [0.1, 0.15) is 0 Å². The van der Waals surface area contributed by atoms with Gasteiger partial charge in [-0.25, -0.2) is 0 Å². The molecule has 4 unspecified atom stereocenters. The standard InChI is InChI=1S/C30H60O2/c1-8-11-12-13-14-15-22-30(29(31)32,23-27(6)20-16-18-25(4)9-2)24-28(7)21-17-19-26(5)10-3/h25-28H,8-24H2,1-7H3,(H,31,32). The first-order valence-electron chi connectivity index (χ1n) is 14.4. The van der Waals surface area contributed by atoms with Crippen molar-refractivity contribution in [1.29, 1.82) is 0 Å². The van der Waals surface area contributed by atoms with Crippen molar-refractivity contribution in [2.75, 3.05) is 0 Å². The highest BCUT2D eigenvalue weighted by Gasteiger charge is 2.40. The Morgan fingerprint density at radius 2 is 1.03 bits per heavy atom. The molecule has 0 aliphatic heterocycles.